The highest BCUT2D eigenvalue weighted by atomic mass is 35.5. The number of hydrogen-bond donors (Lipinski definition) is 2. The Morgan fingerprint density at radius 1 is 1.05 bits per heavy atom. The molecule has 2 N–H and O–H groups in total. The molecule has 0 radical (unpaired) electrons. The average molecular weight is 523 g/mol. The Morgan fingerprint density at radius 2 is 1.86 bits per heavy atom. The van der Waals surface area contributed by atoms with Crippen LogP contribution in [0.15, 0.2) is 54.6 Å². The van der Waals surface area contributed by atoms with Crippen molar-refractivity contribution in [2.24, 2.45) is 5.92 Å². The summed E-state index contributed by atoms with van der Waals surface area (Å²) in [5.74, 6) is -0.568. The third-order valence-electron chi connectivity index (χ3n) is 7.59. The minimum Gasteiger partial charge on any atom is -0.479 e. The second kappa shape index (κ2) is 10.6. The van der Waals surface area contributed by atoms with Gasteiger partial charge < -0.3 is 20.1 Å². The highest BCUT2D eigenvalue weighted by Gasteiger charge is 2.61. The van der Waals surface area contributed by atoms with Crippen molar-refractivity contribution in [3.63, 3.8) is 0 Å². The number of aliphatic carboxylic acids is 1. The molecule has 1 aliphatic carbocycles. The average Bonchev–Trinajstić information content (AvgIpc) is 3.57. The predicted molar refractivity (Wildman–Crippen MR) is 139 cm³/mol. The van der Waals surface area contributed by atoms with E-state index in [1.54, 1.807) is 23.1 Å². The van der Waals surface area contributed by atoms with Gasteiger partial charge in [-0.25, -0.2) is 4.79 Å². The SMILES string of the molecule is O=C1N[C@]2(C(=O)O)C[C@H]2/C=C\CCCCCCC(=O)N2Cc3ccc(Oc4cccc(Cl)c4)cc3CC12. The highest BCUT2D eigenvalue weighted by molar-refractivity contribution is 6.30. The number of halogens is 1. The van der Waals surface area contributed by atoms with Gasteiger partial charge in [0, 0.05) is 30.3 Å². The summed E-state index contributed by atoms with van der Waals surface area (Å²) in [4.78, 5) is 40.6. The topological polar surface area (TPSA) is 95.9 Å². The summed E-state index contributed by atoms with van der Waals surface area (Å²) in [6, 6.07) is 12.0. The Hall–Kier alpha value is -3.32. The number of carbonyl (C=O) groups excluding carboxylic acids is 2. The van der Waals surface area contributed by atoms with Gasteiger partial charge in [-0.1, -0.05) is 48.7 Å². The van der Waals surface area contributed by atoms with Crippen molar-refractivity contribution in [3.8, 4) is 11.5 Å². The molecule has 8 heteroatoms. The van der Waals surface area contributed by atoms with E-state index >= 15 is 0 Å². The maximum absolute atomic E-state index is 13.6. The summed E-state index contributed by atoms with van der Waals surface area (Å²) in [7, 11) is 0. The van der Waals surface area contributed by atoms with Crippen LogP contribution in [0.5, 0.6) is 11.5 Å². The first-order valence-corrected chi connectivity index (χ1v) is 13.3. The number of benzene rings is 2. The van der Waals surface area contributed by atoms with Crippen LogP contribution < -0.4 is 10.1 Å². The molecular formula is C29H31ClN2O5. The van der Waals surface area contributed by atoms with Gasteiger partial charge in [-0.2, -0.15) is 0 Å². The highest BCUT2D eigenvalue weighted by Crippen LogP contribution is 2.45. The molecular weight excluding hydrogens is 492 g/mol. The molecule has 2 aliphatic heterocycles. The molecule has 37 heavy (non-hydrogen) atoms. The van der Waals surface area contributed by atoms with E-state index in [1.807, 2.05) is 36.4 Å². The van der Waals surface area contributed by atoms with Crippen molar-refractivity contribution in [2.45, 2.75) is 69.5 Å². The maximum Gasteiger partial charge on any atom is 0.330 e. The number of amides is 2. The van der Waals surface area contributed by atoms with Crippen molar-refractivity contribution in [3.05, 3.63) is 70.8 Å². The Balaban J connectivity index is 1.42. The molecule has 0 bridgehead atoms. The normalized spacial score (nSPS) is 26.9. The van der Waals surface area contributed by atoms with Crippen LogP contribution in [0.4, 0.5) is 0 Å². The molecule has 0 saturated heterocycles. The van der Waals surface area contributed by atoms with Crippen LogP contribution in [0.3, 0.4) is 0 Å². The molecule has 194 valence electrons. The van der Waals surface area contributed by atoms with Gasteiger partial charge in [0.05, 0.1) is 0 Å². The fourth-order valence-electron chi connectivity index (χ4n) is 5.35. The predicted octanol–water partition coefficient (Wildman–Crippen LogP) is 5.26. The van der Waals surface area contributed by atoms with Gasteiger partial charge in [0.2, 0.25) is 11.8 Å². The van der Waals surface area contributed by atoms with Crippen LogP contribution in [-0.2, 0) is 27.3 Å². The summed E-state index contributed by atoms with van der Waals surface area (Å²) in [6.45, 7) is 0.299. The third-order valence-corrected chi connectivity index (χ3v) is 7.82. The number of rotatable bonds is 3. The van der Waals surface area contributed by atoms with Gasteiger partial charge in [0.15, 0.2) is 0 Å². The molecule has 2 aromatic rings. The van der Waals surface area contributed by atoms with E-state index in [0.717, 1.165) is 43.2 Å². The second-order valence-electron chi connectivity index (χ2n) is 10.2. The smallest absolute Gasteiger partial charge is 0.330 e. The lowest BCUT2D eigenvalue weighted by Crippen LogP contribution is -2.56. The van der Waals surface area contributed by atoms with Gasteiger partial charge in [0.25, 0.3) is 0 Å². The van der Waals surface area contributed by atoms with E-state index in [2.05, 4.69) is 5.32 Å². The lowest BCUT2D eigenvalue weighted by atomic mass is 9.92. The molecule has 3 atom stereocenters. The van der Waals surface area contributed by atoms with Crippen LogP contribution in [0.25, 0.3) is 0 Å². The molecule has 0 aromatic heterocycles. The Morgan fingerprint density at radius 3 is 2.68 bits per heavy atom. The fourth-order valence-corrected chi connectivity index (χ4v) is 5.53. The van der Waals surface area contributed by atoms with Crippen LogP contribution in [-0.4, -0.2) is 39.4 Å². The van der Waals surface area contributed by atoms with Gasteiger partial charge in [-0.15, -0.1) is 0 Å². The molecule has 1 unspecified atom stereocenters. The molecule has 1 fully saturated rings. The molecule has 2 aromatic carbocycles. The molecule has 2 amide bonds. The summed E-state index contributed by atoms with van der Waals surface area (Å²) in [5, 5.41) is 13.3. The fraction of sp³-hybridized carbons (Fsp3) is 0.414. The van der Waals surface area contributed by atoms with E-state index in [-0.39, 0.29) is 18.2 Å². The van der Waals surface area contributed by atoms with Gasteiger partial charge in [0.1, 0.15) is 23.1 Å². The first-order valence-electron chi connectivity index (χ1n) is 12.9. The number of allylic oxidation sites excluding steroid dienone is 1. The maximum atomic E-state index is 13.6. The van der Waals surface area contributed by atoms with Crippen molar-refractivity contribution < 1.29 is 24.2 Å². The third kappa shape index (κ3) is 5.52. The zero-order valence-corrected chi connectivity index (χ0v) is 21.4. The zero-order valence-electron chi connectivity index (χ0n) is 20.6. The van der Waals surface area contributed by atoms with Crippen molar-refractivity contribution in [1.82, 2.24) is 10.2 Å². The van der Waals surface area contributed by atoms with Crippen LogP contribution >= 0.6 is 11.6 Å². The number of hydrogen-bond acceptors (Lipinski definition) is 4. The van der Waals surface area contributed by atoms with Crippen LogP contribution in [0.2, 0.25) is 5.02 Å². The lowest BCUT2D eigenvalue weighted by molar-refractivity contribution is -0.146. The van der Waals surface area contributed by atoms with E-state index in [0.29, 0.717) is 35.9 Å². The van der Waals surface area contributed by atoms with Crippen LogP contribution in [0.1, 0.15) is 56.1 Å². The molecule has 3 aliphatic rings. The second-order valence-corrected chi connectivity index (χ2v) is 10.6. The number of nitrogens with zero attached hydrogens (tertiary/aromatic N) is 1. The summed E-state index contributed by atoms with van der Waals surface area (Å²) >= 11 is 6.08. The lowest BCUT2D eigenvalue weighted by Gasteiger charge is -2.37. The largest absolute Gasteiger partial charge is 0.479 e. The number of ether oxygens (including phenoxy) is 1. The van der Waals surface area contributed by atoms with Crippen molar-refractivity contribution in [2.75, 3.05) is 0 Å². The summed E-state index contributed by atoms with van der Waals surface area (Å²) in [5.41, 5.74) is 0.549. The number of carboxylic acid groups (broad SMARTS) is 1. The number of carbonyl (C=O) groups is 3. The van der Waals surface area contributed by atoms with Crippen molar-refractivity contribution in [1.29, 1.82) is 0 Å². The van der Waals surface area contributed by atoms with E-state index in [1.165, 1.54) is 0 Å². The van der Waals surface area contributed by atoms with E-state index in [9.17, 15) is 19.5 Å². The van der Waals surface area contributed by atoms with Gasteiger partial charge >= 0.3 is 5.97 Å². The molecule has 0 spiro atoms. The zero-order chi connectivity index (χ0) is 26.0. The number of carboxylic acids is 1. The first kappa shape index (κ1) is 25.3. The Bertz CT molecular complexity index is 1240. The number of nitrogens with one attached hydrogen (secondary N) is 1. The Labute approximate surface area is 221 Å². The molecule has 1 saturated carbocycles. The number of fused-ring (bicyclic) bond motifs is 3. The quantitative estimate of drug-likeness (QED) is 0.536. The van der Waals surface area contributed by atoms with E-state index in [4.69, 9.17) is 16.3 Å². The standard InChI is InChI=1S/C29H31ClN2O5/c30-22-9-7-10-23(16-22)37-24-13-12-19-18-32-25(15-20(19)14-24)27(34)31-29(28(35)36)17-21(29)8-5-3-1-2-4-6-11-26(32)33/h5,7-10,12-14,16,21,25H,1-4,6,11,15,17-18H2,(H,31,34)(H,35,36)/b8-5-/t21-,25?,29-/m1/s1. The molecule has 5 rings (SSSR count). The first-order chi connectivity index (χ1) is 17.9. The molecule has 2 heterocycles. The molecule has 7 nitrogen and oxygen atoms in total. The minimum atomic E-state index is -1.31. The Kier molecular flexibility index (Phi) is 7.24. The van der Waals surface area contributed by atoms with E-state index < -0.39 is 23.5 Å². The minimum absolute atomic E-state index is 0.0743. The van der Waals surface area contributed by atoms with Crippen LogP contribution in [0, 0.1) is 5.92 Å². The monoisotopic (exact) mass is 522 g/mol. The summed E-state index contributed by atoms with van der Waals surface area (Å²) < 4.78 is 5.98. The van der Waals surface area contributed by atoms with Crippen molar-refractivity contribution >= 4 is 29.4 Å². The summed E-state index contributed by atoms with van der Waals surface area (Å²) in [6.07, 6.45) is 9.59. The van der Waals surface area contributed by atoms with Gasteiger partial charge in [-0.3, -0.25) is 9.59 Å². The van der Waals surface area contributed by atoms with Gasteiger partial charge in [-0.05, 0) is 67.1 Å².